The summed E-state index contributed by atoms with van der Waals surface area (Å²) in [7, 11) is 1.90. The summed E-state index contributed by atoms with van der Waals surface area (Å²) < 4.78 is 19.5. The topological polar surface area (TPSA) is 34.2 Å². The van der Waals surface area contributed by atoms with Gasteiger partial charge in [-0.15, -0.1) is 0 Å². The van der Waals surface area contributed by atoms with Gasteiger partial charge in [0.15, 0.2) is 0 Å². The number of aromatic nitrogens is 1. The summed E-state index contributed by atoms with van der Waals surface area (Å²) in [6.45, 7) is 8.41. The summed E-state index contributed by atoms with van der Waals surface area (Å²) in [6.07, 6.45) is 3.89. The normalized spacial score (nSPS) is 26.3. The molecular weight excluding hydrogens is 243 g/mol. The molecule has 2 heterocycles. The quantitative estimate of drug-likeness (QED) is 0.913. The summed E-state index contributed by atoms with van der Waals surface area (Å²) in [6, 6.07) is 1.59. The van der Waals surface area contributed by atoms with Gasteiger partial charge < -0.3 is 10.1 Å². The second-order valence-electron chi connectivity index (χ2n) is 6.48. The van der Waals surface area contributed by atoms with Crippen molar-refractivity contribution in [1.82, 2.24) is 10.3 Å². The minimum Gasteiger partial charge on any atom is -0.369 e. The Balaban J connectivity index is 2.32. The maximum atomic E-state index is 13.4. The fraction of sp³-hybridized carbons (Fsp3) is 0.667. The van der Waals surface area contributed by atoms with Crippen LogP contribution in [0.2, 0.25) is 0 Å². The second-order valence-corrected chi connectivity index (χ2v) is 6.48. The number of hydrogen-bond acceptors (Lipinski definition) is 3. The summed E-state index contributed by atoms with van der Waals surface area (Å²) in [4.78, 5) is 3.95. The first-order valence-electron chi connectivity index (χ1n) is 6.73. The van der Waals surface area contributed by atoms with E-state index in [0.29, 0.717) is 0 Å². The minimum atomic E-state index is -0.297. The van der Waals surface area contributed by atoms with Gasteiger partial charge in [0.25, 0.3) is 0 Å². The molecule has 0 aliphatic carbocycles. The van der Waals surface area contributed by atoms with E-state index < -0.39 is 0 Å². The van der Waals surface area contributed by atoms with E-state index in [9.17, 15) is 4.39 Å². The average molecular weight is 266 g/mol. The molecule has 19 heavy (non-hydrogen) atoms. The highest BCUT2D eigenvalue weighted by Gasteiger charge is 2.49. The van der Waals surface area contributed by atoms with Crippen LogP contribution in [-0.4, -0.2) is 23.2 Å². The summed E-state index contributed by atoms with van der Waals surface area (Å²) in [5, 5.41) is 3.29. The third kappa shape index (κ3) is 2.95. The van der Waals surface area contributed by atoms with Crippen LogP contribution in [0, 0.1) is 11.7 Å². The molecule has 0 spiro atoms. The molecule has 106 valence electrons. The minimum absolute atomic E-state index is 0.0416. The summed E-state index contributed by atoms with van der Waals surface area (Å²) >= 11 is 0. The highest BCUT2D eigenvalue weighted by molar-refractivity contribution is 5.18. The van der Waals surface area contributed by atoms with Gasteiger partial charge in [-0.3, -0.25) is 4.98 Å². The van der Waals surface area contributed by atoms with Crippen LogP contribution in [-0.2, 0) is 4.74 Å². The molecule has 0 aromatic carbocycles. The lowest BCUT2D eigenvalue weighted by atomic mass is 9.79. The van der Waals surface area contributed by atoms with Crippen molar-refractivity contribution in [2.24, 2.45) is 5.92 Å². The number of halogens is 1. The molecule has 2 rings (SSSR count). The monoisotopic (exact) mass is 266 g/mol. The van der Waals surface area contributed by atoms with Gasteiger partial charge in [0.1, 0.15) is 5.82 Å². The molecule has 0 radical (unpaired) electrons. The Morgan fingerprint density at radius 2 is 2.05 bits per heavy atom. The maximum absolute atomic E-state index is 13.4. The Morgan fingerprint density at radius 3 is 2.53 bits per heavy atom. The van der Waals surface area contributed by atoms with Crippen LogP contribution in [0.1, 0.15) is 45.7 Å². The Morgan fingerprint density at radius 1 is 1.37 bits per heavy atom. The van der Waals surface area contributed by atoms with E-state index in [2.05, 4.69) is 38.0 Å². The van der Waals surface area contributed by atoms with E-state index in [4.69, 9.17) is 4.74 Å². The van der Waals surface area contributed by atoms with E-state index in [1.807, 2.05) is 7.05 Å². The molecule has 3 nitrogen and oxygen atoms in total. The highest BCUT2D eigenvalue weighted by atomic mass is 19.1. The molecule has 0 bridgehead atoms. The second kappa shape index (κ2) is 4.84. The predicted molar refractivity (Wildman–Crippen MR) is 73.3 cm³/mol. The summed E-state index contributed by atoms with van der Waals surface area (Å²) in [5.41, 5.74) is 0.481. The SMILES string of the molecule is CNC(c1cncc(F)c1)C1CC(C)(C)OC1(C)C. The van der Waals surface area contributed by atoms with Crippen molar-refractivity contribution in [3.8, 4) is 0 Å². The van der Waals surface area contributed by atoms with Crippen LogP contribution in [0.4, 0.5) is 4.39 Å². The van der Waals surface area contributed by atoms with Crippen LogP contribution in [0.25, 0.3) is 0 Å². The van der Waals surface area contributed by atoms with Crippen LogP contribution in [0.3, 0.4) is 0 Å². The van der Waals surface area contributed by atoms with Crippen molar-refractivity contribution in [3.63, 3.8) is 0 Å². The first-order valence-corrected chi connectivity index (χ1v) is 6.73. The molecule has 1 aromatic rings. The highest BCUT2D eigenvalue weighted by Crippen LogP contribution is 2.47. The van der Waals surface area contributed by atoms with Gasteiger partial charge in [0, 0.05) is 18.2 Å². The van der Waals surface area contributed by atoms with Gasteiger partial charge >= 0.3 is 0 Å². The third-order valence-electron chi connectivity index (χ3n) is 3.94. The zero-order valence-electron chi connectivity index (χ0n) is 12.3. The van der Waals surface area contributed by atoms with Crippen LogP contribution >= 0.6 is 0 Å². The number of nitrogens with one attached hydrogen (secondary N) is 1. The van der Waals surface area contributed by atoms with Gasteiger partial charge in [-0.25, -0.2) is 4.39 Å². The maximum Gasteiger partial charge on any atom is 0.141 e. The number of rotatable bonds is 3. The van der Waals surface area contributed by atoms with Crippen molar-refractivity contribution < 1.29 is 9.13 Å². The Labute approximate surface area is 114 Å². The number of pyridine rings is 1. The molecule has 1 aliphatic heterocycles. The fourth-order valence-electron chi connectivity index (χ4n) is 3.32. The first kappa shape index (κ1) is 14.4. The molecule has 1 N–H and O–H groups in total. The summed E-state index contributed by atoms with van der Waals surface area (Å²) in [5.74, 6) is -0.0233. The molecule has 4 heteroatoms. The van der Waals surface area contributed by atoms with Crippen molar-refractivity contribution in [2.45, 2.75) is 51.4 Å². The van der Waals surface area contributed by atoms with Crippen molar-refractivity contribution in [2.75, 3.05) is 7.05 Å². The van der Waals surface area contributed by atoms with Gasteiger partial charge in [-0.2, -0.15) is 0 Å². The van der Waals surface area contributed by atoms with E-state index in [-0.39, 0.29) is 29.0 Å². The lowest BCUT2D eigenvalue weighted by molar-refractivity contribution is -0.0776. The van der Waals surface area contributed by atoms with Crippen LogP contribution in [0.15, 0.2) is 18.5 Å². The Hall–Kier alpha value is -1.00. The standard InChI is InChI=1S/C15H23FN2O/c1-14(2)7-12(15(3,4)19-14)13(17-5)10-6-11(16)9-18-8-10/h6,8-9,12-13,17H,7H2,1-5H3. The number of hydrogen-bond donors (Lipinski definition) is 1. The molecule has 1 aliphatic rings. The molecule has 1 aromatic heterocycles. The predicted octanol–water partition coefficient (Wildman–Crippen LogP) is 3.07. The van der Waals surface area contributed by atoms with E-state index >= 15 is 0 Å². The molecule has 0 saturated carbocycles. The molecular formula is C15H23FN2O. The number of ether oxygens (including phenoxy) is 1. The van der Waals surface area contributed by atoms with Gasteiger partial charge in [0.2, 0.25) is 0 Å². The van der Waals surface area contributed by atoms with Gasteiger partial charge in [-0.05, 0) is 52.8 Å². The average Bonchev–Trinajstić information content (AvgIpc) is 2.48. The molecule has 0 amide bonds. The largest absolute Gasteiger partial charge is 0.369 e. The smallest absolute Gasteiger partial charge is 0.141 e. The van der Waals surface area contributed by atoms with Crippen molar-refractivity contribution in [3.05, 3.63) is 29.8 Å². The molecule has 2 unspecified atom stereocenters. The number of nitrogens with zero attached hydrogens (tertiary/aromatic N) is 1. The van der Waals surface area contributed by atoms with Crippen LogP contribution < -0.4 is 5.32 Å². The van der Waals surface area contributed by atoms with E-state index in [1.165, 1.54) is 6.20 Å². The van der Waals surface area contributed by atoms with E-state index in [1.54, 1.807) is 12.3 Å². The zero-order chi connectivity index (χ0) is 14.3. The van der Waals surface area contributed by atoms with Crippen molar-refractivity contribution >= 4 is 0 Å². The third-order valence-corrected chi connectivity index (χ3v) is 3.94. The lowest BCUT2D eigenvalue weighted by Gasteiger charge is -2.33. The Bertz CT molecular complexity index is 459. The molecule has 1 saturated heterocycles. The fourth-order valence-corrected chi connectivity index (χ4v) is 3.32. The van der Waals surface area contributed by atoms with E-state index in [0.717, 1.165) is 12.0 Å². The van der Waals surface area contributed by atoms with Gasteiger partial charge in [0.05, 0.1) is 17.4 Å². The molecule has 2 atom stereocenters. The van der Waals surface area contributed by atoms with Gasteiger partial charge in [-0.1, -0.05) is 0 Å². The van der Waals surface area contributed by atoms with Crippen LogP contribution in [0.5, 0.6) is 0 Å². The first-order chi connectivity index (χ1) is 8.75. The molecule has 1 fully saturated rings. The lowest BCUT2D eigenvalue weighted by Crippen LogP contribution is -2.37. The Kier molecular flexibility index (Phi) is 3.67. The zero-order valence-corrected chi connectivity index (χ0v) is 12.3. The van der Waals surface area contributed by atoms with Crippen molar-refractivity contribution in [1.29, 1.82) is 0 Å².